The van der Waals surface area contributed by atoms with Crippen molar-refractivity contribution in [1.29, 1.82) is 0 Å². The summed E-state index contributed by atoms with van der Waals surface area (Å²) < 4.78 is 14.0. The molecule has 1 amide bonds. The van der Waals surface area contributed by atoms with Crippen molar-refractivity contribution >= 4 is 11.6 Å². The first-order chi connectivity index (χ1) is 13.6. The van der Waals surface area contributed by atoms with Crippen molar-refractivity contribution in [3.05, 3.63) is 84.2 Å². The van der Waals surface area contributed by atoms with Crippen LogP contribution in [-0.2, 0) is 4.79 Å². The van der Waals surface area contributed by atoms with Gasteiger partial charge >= 0.3 is 0 Å². The van der Waals surface area contributed by atoms with Crippen LogP contribution in [0.1, 0.15) is 30.7 Å². The van der Waals surface area contributed by atoms with E-state index in [0.29, 0.717) is 17.2 Å². The van der Waals surface area contributed by atoms with Crippen LogP contribution in [0.5, 0.6) is 5.75 Å². The fraction of sp³-hybridized carbons (Fsp3) is 0.208. The number of anilines is 1. The van der Waals surface area contributed by atoms with E-state index in [1.54, 1.807) is 36.4 Å². The van der Waals surface area contributed by atoms with Crippen molar-refractivity contribution in [2.45, 2.75) is 25.2 Å². The molecule has 0 aliphatic heterocycles. The summed E-state index contributed by atoms with van der Waals surface area (Å²) in [7, 11) is 0. The molecular weight excluding hydrogens is 353 g/mol. The van der Waals surface area contributed by atoms with Gasteiger partial charge in [-0.25, -0.2) is 4.39 Å². The molecule has 0 spiro atoms. The van der Waals surface area contributed by atoms with Crippen molar-refractivity contribution in [2.24, 2.45) is 5.92 Å². The van der Waals surface area contributed by atoms with E-state index in [2.05, 4.69) is 5.32 Å². The van der Waals surface area contributed by atoms with Crippen molar-refractivity contribution < 1.29 is 14.3 Å². The van der Waals surface area contributed by atoms with Gasteiger partial charge in [0.2, 0.25) is 5.91 Å². The number of hydrogen-bond donors (Lipinski definition) is 2. The lowest BCUT2D eigenvalue weighted by atomic mass is 9.94. The summed E-state index contributed by atoms with van der Waals surface area (Å²) in [6.07, 6.45) is 2.62. The number of hydrogen-bond acceptors (Lipinski definition) is 2. The van der Waals surface area contributed by atoms with Crippen LogP contribution >= 0.6 is 0 Å². The number of benzene rings is 3. The molecule has 1 aliphatic rings. The summed E-state index contributed by atoms with van der Waals surface area (Å²) in [5.41, 5.74) is 3.36. The molecule has 2 atom stereocenters. The van der Waals surface area contributed by atoms with E-state index in [0.717, 1.165) is 24.8 Å². The normalized spacial score (nSPS) is 18.8. The summed E-state index contributed by atoms with van der Waals surface area (Å²) in [6, 6.07) is 21.3. The Labute approximate surface area is 163 Å². The van der Waals surface area contributed by atoms with Crippen LogP contribution < -0.4 is 5.32 Å². The third-order valence-corrected chi connectivity index (χ3v) is 5.51. The van der Waals surface area contributed by atoms with Crippen LogP contribution in [0, 0.1) is 11.7 Å². The van der Waals surface area contributed by atoms with E-state index in [4.69, 9.17) is 0 Å². The SMILES string of the molecule is O=C(Nc1ccc(O)cc1)C1CCC(c2ccc(-c3ccccc3F)cc2)C1. The number of amides is 1. The molecule has 1 aliphatic carbocycles. The van der Waals surface area contributed by atoms with Crippen LogP contribution in [0.4, 0.5) is 10.1 Å². The first kappa shape index (κ1) is 18.2. The quantitative estimate of drug-likeness (QED) is 0.573. The second-order valence-corrected chi connectivity index (χ2v) is 7.34. The third kappa shape index (κ3) is 3.91. The standard InChI is InChI=1S/C24H22FNO2/c25-23-4-2-1-3-22(23)17-7-5-16(6-8-17)18-9-10-19(15-18)24(28)26-20-11-13-21(27)14-12-20/h1-8,11-14,18-19,27H,9-10,15H2,(H,26,28). The molecule has 142 valence electrons. The molecular formula is C24H22FNO2. The first-order valence-electron chi connectivity index (χ1n) is 9.55. The smallest absolute Gasteiger partial charge is 0.227 e. The number of rotatable bonds is 4. The Morgan fingerprint density at radius 3 is 2.36 bits per heavy atom. The Morgan fingerprint density at radius 1 is 0.929 bits per heavy atom. The first-order valence-corrected chi connectivity index (χ1v) is 9.55. The summed E-state index contributed by atoms with van der Waals surface area (Å²) >= 11 is 0. The van der Waals surface area contributed by atoms with Crippen molar-refractivity contribution in [1.82, 2.24) is 0 Å². The summed E-state index contributed by atoms with van der Waals surface area (Å²) in [5, 5.41) is 12.3. The van der Waals surface area contributed by atoms with E-state index < -0.39 is 0 Å². The largest absolute Gasteiger partial charge is 0.508 e. The van der Waals surface area contributed by atoms with Gasteiger partial charge in [-0.05, 0) is 66.6 Å². The fourth-order valence-electron chi connectivity index (χ4n) is 3.94. The molecule has 1 saturated carbocycles. The van der Waals surface area contributed by atoms with E-state index in [1.165, 1.54) is 11.6 Å². The summed E-state index contributed by atoms with van der Waals surface area (Å²) in [5.74, 6) is 0.297. The van der Waals surface area contributed by atoms with Gasteiger partial charge in [0.25, 0.3) is 0 Å². The lowest BCUT2D eigenvalue weighted by Crippen LogP contribution is -2.20. The number of nitrogens with one attached hydrogen (secondary N) is 1. The van der Waals surface area contributed by atoms with Crippen LogP contribution in [-0.4, -0.2) is 11.0 Å². The van der Waals surface area contributed by atoms with Crippen LogP contribution in [0.3, 0.4) is 0 Å². The molecule has 3 nitrogen and oxygen atoms in total. The molecule has 0 bridgehead atoms. The maximum Gasteiger partial charge on any atom is 0.227 e. The second kappa shape index (κ2) is 7.85. The molecule has 2 unspecified atom stereocenters. The fourth-order valence-corrected chi connectivity index (χ4v) is 3.94. The van der Waals surface area contributed by atoms with Crippen molar-refractivity contribution in [3.8, 4) is 16.9 Å². The zero-order chi connectivity index (χ0) is 19.5. The van der Waals surface area contributed by atoms with Gasteiger partial charge < -0.3 is 10.4 Å². The van der Waals surface area contributed by atoms with E-state index in [9.17, 15) is 14.3 Å². The average Bonchev–Trinajstić information content (AvgIpc) is 3.21. The molecule has 3 aromatic rings. The molecule has 0 radical (unpaired) electrons. The predicted octanol–water partition coefficient (Wildman–Crippen LogP) is 5.72. The highest BCUT2D eigenvalue weighted by Crippen LogP contribution is 2.39. The Morgan fingerprint density at radius 2 is 1.64 bits per heavy atom. The van der Waals surface area contributed by atoms with Gasteiger partial charge in [-0.1, -0.05) is 42.5 Å². The van der Waals surface area contributed by atoms with E-state index in [-0.39, 0.29) is 23.4 Å². The van der Waals surface area contributed by atoms with Gasteiger partial charge in [0.05, 0.1) is 0 Å². The Kier molecular flexibility index (Phi) is 5.11. The Hall–Kier alpha value is -3.14. The molecule has 1 fully saturated rings. The van der Waals surface area contributed by atoms with E-state index >= 15 is 0 Å². The highest BCUT2D eigenvalue weighted by atomic mass is 19.1. The zero-order valence-electron chi connectivity index (χ0n) is 15.4. The molecule has 28 heavy (non-hydrogen) atoms. The lowest BCUT2D eigenvalue weighted by molar-refractivity contribution is -0.119. The minimum absolute atomic E-state index is 0.0231. The maximum atomic E-state index is 14.0. The van der Waals surface area contributed by atoms with Crippen molar-refractivity contribution in [3.63, 3.8) is 0 Å². The summed E-state index contributed by atoms with van der Waals surface area (Å²) in [4.78, 5) is 12.5. The van der Waals surface area contributed by atoms with Gasteiger partial charge in [0, 0.05) is 17.2 Å². The average molecular weight is 375 g/mol. The number of carbonyl (C=O) groups excluding carboxylic acids is 1. The minimum atomic E-state index is -0.220. The summed E-state index contributed by atoms with van der Waals surface area (Å²) in [6.45, 7) is 0. The van der Waals surface area contributed by atoms with Gasteiger partial charge in [0.1, 0.15) is 11.6 Å². The molecule has 4 rings (SSSR count). The Bertz CT molecular complexity index is 967. The molecule has 0 saturated heterocycles. The maximum absolute atomic E-state index is 14.0. The molecule has 3 aromatic carbocycles. The molecule has 0 aromatic heterocycles. The van der Waals surface area contributed by atoms with E-state index in [1.807, 2.05) is 30.3 Å². The topological polar surface area (TPSA) is 49.3 Å². The molecule has 2 N–H and O–H groups in total. The lowest BCUT2D eigenvalue weighted by Gasteiger charge is -2.13. The second-order valence-electron chi connectivity index (χ2n) is 7.34. The zero-order valence-corrected chi connectivity index (χ0v) is 15.4. The van der Waals surface area contributed by atoms with Gasteiger partial charge in [-0.3, -0.25) is 4.79 Å². The minimum Gasteiger partial charge on any atom is -0.508 e. The van der Waals surface area contributed by atoms with Crippen LogP contribution in [0.15, 0.2) is 72.8 Å². The molecule has 4 heteroatoms. The Balaban J connectivity index is 1.40. The number of phenolic OH excluding ortho intramolecular Hbond substituents is 1. The monoisotopic (exact) mass is 375 g/mol. The number of halogens is 1. The van der Waals surface area contributed by atoms with Crippen LogP contribution in [0.2, 0.25) is 0 Å². The molecule has 0 heterocycles. The van der Waals surface area contributed by atoms with Gasteiger partial charge in [0.15, 0.2) is 0 Å². The number of phenols is 1. The number of carbonyl (C=O) groups is 1. The number of aromatic hydroxyl groups is 1. The van der Waals surface area contributed by atoms with Gasteiger partial charge in [-0.2, -0.15) is 0 Å². The third-order valence-electron chi connectivity index (χ3n) is 5.51. The van der Waals surface area contributed by atoms with Crippen molar-refractivity contribution in [2.75, 3.05) is 5.32 Å². The highest BCUT2D eigenvalue weighted by molar-refractivity contribution is 5.92. The highest BCUT2D eigenvalue weighted by Gasteiger charge is 2.30. The predicted molar refractivity (Wildman–Crippen MR) is 109 cm³/mol. The van der Waals surface area contributed by atoms with Crippen LogP contribution in [0.25, 0.3) is 11.1 Å². The van der Waals surface area contributed by atoms with Gasteiger partial charge in [-0.15, -0.1) is 0 Å².